The van der Waals surface area contributed by atoms with Crippen LogP contribution in [-0.2, 0) is 7.05 Å². The highest BCUT2D eigenvalue weighted by molar-refractivity contribution is 5.82. The molecule has 8 heteroatoms. The normalized spacial score (nSPS) is 13.8. The van der Waals surface area contributed by atoms with Gasteiger partial charge in [-0.25, -0.2) is 4.98 Å². The summed E-state index contributed by atoms with van der Waals surface area (Å²) in [5.74, 6) is 1.52. The van der Waals surface area contributed by atoms with Crippen molar-refractivity contribution in [1.82, 2.24) is 24.6 Å². The Morgan fingerprint density at radius 1 is 0.944 bits per heavy atom. The number of anilines is 2. The van der Waals surface area contributed by atoms with Crippen molar-refractivity contribution in [3.05, 3.63) is 67.1 Å². The van der Waals surface area contributed by atoms with Crippen LogP contribution in [0, 0.1) is 0 Å². The zero-order valence-electron chi connectivity index (χ0n) is 21.1. The Labute approximate surface area is 211 Å². The second kappa shape index (κ2) is 10.8. The minimum atomic E-state index is 0.759. The maximum Gasteiger partial charge on any atom is 0.124 e. The molecule has 0 atom stereocenters. The summed E-state index contributed by atoms with van der Waals surface area (Å²) in [6.07, 6.45) is 12.2. The van der Waals surface area contributed by atoms with Gasteiger partial charge >= 0.3 is 0 Å². The molecule has 3 heterocycles. The molecule has 5 rings (SSSR count). The fourth-order valence-electron chi connectivity index (χ4n) is 4.56. The largest absolute Gasteiger partial charge is 0.497 e. The lowest BCUT2D eigenvalue weighted by Gasteiger charge is -2.28. The minimum Gasteiger partial charge on any atom is -0.497 e. The van der Waals surface area contributed by atoms with Crippen molar-refractivity contribution in [1.29, 1.82) is 0 Å². The molecule has 36 heavy (non-hydrogen) atoms. The maximum atomic E-state index is 5.57. The third-order valence-electron chi connectivity index (χ3n) is 6.48. The fourth-order valence-corrected chi connectivity index (χ4v) is 4.56. The van der Waals surface area contributed by atoms with Gasteiger partial charge in [-0.15, -0.1) is 0 Å². The lowest BCUT2D eigenvalue weighted by atomic mass is 10.1. The van der Waals surface area contributed by atoms with E-state index in [-0.39, 0.29) is 0 Å². The van der Waals surface area contributed by atoms with Crippen molar-refractivity contribution in [2.24, 2.45) is 7.05 Å². The third kappa shape index (κ3) is 5.33. The maximum absolute atomic E-state index is 5.57. The molecule has 186 valence electrons. The summed E-state index contributed by atoms with van der Waals surface area (Å²) in [4.78, 5) is 14.4. The Morgan fingerprint density at radius 3 is 2.47 bits per heavy atom. The molecular formula is C28H32N6O2. The van der Waals surface area contributed by atoms with Gasteiger partial charge < -0.3 is 14.4 Å². The number of aryl methyl sites for hydroxylation is 1. The van der Waals surface area contributed by atoms with E-state index < -0.39 is 0 Å². The minimum absolute atomic E-state index is 0.759. The number of nitrogens with zero attached hydrogens (tertiary/aromatic N) is 6. The van der Waals surface area contributed by atoms with E-state index in [4.69, 9.17) is 14.5 Å². The average Bonchev–Trinajstić information content (AvgIpc) is 3.37. The van der Waals surface area contributed by atoms with Crippen molar-refractivity contribution < 1.29 is 9.47 Å². The smallest absolute Gasteiger partial charge is 0.124 e. The number of hydrogen-bond donors (Lipinski definition) is 0. The molecule has 0 saturated carbocycles. The van der Waals surface area contributed by atoms with Gasteiger partial charge in [0.2, 0.25) is 0 Å². The van der Waals surface area contributed by atoms with E-state index in [1.165, 1.54) is 0 Å². The molecule has 0 unspecified atom stereocenters. The molecule has 0 saturated heterocycles. The van der Waals surface area contributed by atoms with E-state index in [1.807, 2.05) is 43.7 Å². The molecule has 0 amide bonds. The second-order valence-electron chi connectivity index (χ2n) is 8.97. The summed E-state index contributed by atoms with van der Waals surface area (Å²) in [6, 6.07) is 12.2. The first-order chi connectivity index (χ1) is 17.6. The number of hydrogen-bond acceptors (Lipinski definition) is 7. The van der Waals surface area contributed by atoms with Crippen LogP contribution < -0.4 is 14.4 Å². The molecule has 1 aliphatic heterocycles. The summed E-state index contributed by atoms with van der Waals surface area (Å²) in [5.41, 5.74) is 5.52. The van der Waals surface area contributed by atoms with Gasteiger partial charge in [0.1, 0.15) is 11.5 Å². The molecule has 0 fully saturated rings. The molecule has 0 radical (unpaired) electrons. The van der Waals surface area contributed by atoms with Gasteiger partial charge in [0.05, 0.1) is 43.3 Å². The van der Waals surface area contributed by atoms with E-state index in [2.05, 4.69) is 44.2 Å². The van der Waals surface area contributed by atoms with Gasteiger partial charge in [-0.1, -0.05) is 12.2 Å². The van der Waals surface area contributed by atoms with Crippen molar-refractivity contribution in [3.63, 3.8) is 0 Å². The van der Waals surface area contributed by atoms with Crippen LogP contribution in [0.4, 0.5) is 11.4 Å². The van der Waals surface area contributed by atoms with Crippen molar-refractivity contribution in [2.45, 2.75) is 12.8 Å². The zero-order chi connectivity index (χ0) is 24.9. The number of methoxy groups -OCH3 is 2. The van der Waals surface area contributed by atoms with Crippen LogP contribution >= 0.6 is 0 Å². The molecule has 0 N–H and O–H groups in total. The highest BCUT2D eigenvalue weighted by atomic mass is 16.5. The molecule has 0 aliphatic carbocycles. The summed E-state index contributed by atoms with van der Waals surface area (Å²) >= 11 is 0. The van der Waals surface area contributed by atoms with E-state index in [9.17, 15) is 0 Å². The highest BCUT2D eigenvalue weighted by Gasteiger charge is 2.15. The van der Waals surface area contributed by atoms with Crippen LogP contribution in [0.2, 0.25) is 0 Å². The predicted molar refractivity (Wildman–Crippen MR) is 143 cm³/mol. The number of rotatable bonds is 9. The number of benzene rings is 2. The van der Waals surface area contributed by atoms with Crippen molar-refractivity contribution >= 4 is 22.4 Å². The average molecular weight is 485 g/mol. The molecule has 8 nitrogen and oxygen atoms in total. The molecule has 1 aliphatic rings. The van der Waals surface area contributed by atoms with E-state index in [1.54, 1.807) is 25.1 Å². The number of aromatic nitrogens is 4. The van der Waals surface area contributed by atoms with Crippen molar-refractivity contribution in [3.8, 4) is 22.8 Å². The van der Waals surface area contributed by atoms with Gasteiger partial charge in [0.25, 0.3) is 0 Å². The van der Waals surface area contributed by atoms with Gasteiger partial charge in [0, 0.05) is 74.6 Å². The molecule has 2 aromatic heterocycles. The van der Waals surface area contributed by atoms with Crippen molar-refractivity contribution in [2.75, 3.05) is 45.3 Å². The third-order valence-corrected chi connectivity index (χ3v) is 6.48. The Kier molecular flexibility index (Phi) is 7.13. The summed E-state index contributed by atoms with van der Waals surface area (Å²) in [6.45, 7) is 4.03. The number of ether oxygens (including phenoxy) is 2. The summed E-state index contributed by atoms with van der Waals surface area (Å²) < 4.78 is 12.9. The van der Waals surface area contributed by atoms with Crippen LogP contribution in [0.3, 0.4) is 0 Å². The van der Waals surface area contributed by atoms with Crippen LogP contribution in [0.25, 0.3) is 22.3 Å². The van der Waals surface area contributed by atoms with Crippen LogP contribution in [0.15, 0.2) is 67.1 Å². The van der Waals surface area contributed by atoms with Crippen LogP contribution in [0.1, 0.15) is 12.8 Å². The van der Waals surface area contributed by atoms with E-state index in [0.717, 1.165) is 84.2 Å². The van der Waals surface area contributed by atoms with Crippen LogP contribution in [-0.4, -0.2) is 65.0 Å². The Balaban J connectivity index is 1.49. The highest BCUT2D eigenvalue weighted by Crippen LogP contribution is 2.34. The lowest BCUT2D eigenvalue weighted by Crippen LogP contribution is -2.30. The molecule has 4 aromatic rings. The number of fused-ring (bicyclic) bond motifs is 1. The molecule has 0 spiro atoms. The first-order valence-electron chi connectivity index (χ1n) is 12.3. The van der Waals surface area contributed by atoms with Gasteiger partial charge in [0.15, 0.2) is 0 Å². The topological polar surface area (TPSA) is 68.5 Å². The molecular weight excluding hydrogens is 452 g/mol. The predicted octanol–water partition coefficient (Wildman–Crippen LogP) is 4.84. The van der Waals surface area contributed by atoms with E-state index >= 15 is 0 Å². The Bertz CT molecular complexity index is 1340. The molecule has 2 aromatic carbocycles. The van der Waals surface area contributed by atoms with Gasteiger partial charge in [-0.3, -0.25) is 14.6 Å². The Hall–Kier alpha value is -3.91. The second-order valence-corrected chi connectivity index (χ2v) is 8.97. The standard InChI is InChI=1S/C28H32N6O2/c1-32-20-21(18-30-32)28-19-29-26-9-8-22(16-27(26)31-28)34(13-7-12-33-10-5-4-6-11-33)23-14-24(35-2)17-25(15-23)36-3/h4-5,8-9,14-20H,6-7,10-13H2,1-3H3. The van der Waals surface area contributed by atoms with Crippen LogP contribution in [0.5, 0.6) is 11.5 Å². The fraction of sp³-hybridized carbons (Fsp3) is 0.321. The lowest BCUT2D eigenvalue weighted by molar-refractivity contribution is 0.296. The SMILES string of the molecule is COc1cc(OC)cc(N(CCCN2CC=CCC2)c2ccc3ncc(-c4cnn(C)c4)nc3c2)c1. The van der Waals surface area contributed by atoms with Gasteiger partial charge in [-0.2, -0.15) is 5.10 Å². The quantitative estimate of drug-likeness (QED) is 0.315. The molecule has 0 bridgehead atoms. The summed E-state index contributed by atoms with van der Waals surface area (Å²) in [5, 5.41) is 4.27. The van der Waals surface area contributed by atoms with Gasteiger partial charge in [-0.05, 0) is 31.0 Å². The summed E-state index contributed by atoms with van der Waals surface area (Å²) in [7, 11) is 5.26. The first kappa shape index (κ1) is 23.8. The van der Waals surface area contributed by atoms with E-state index in [0.29, 0.717) is 0 Å². The monoisotopic (exact) mass is 484 g/mol. The first-order valence-corrected chi connectivity index (χ1v) is 12.3. The zero-order valence-corrected chi connectivity index (χ0v) is 21.1. The Morgan fingerprint density at radius 2 is 1.78 bits per heavy atom.